The highest BCUT2D eigenvalue weighted by molar-refractivity contribution is 7.95. The molecular formula is C33H46ClN3O10S4. The van der Waals surface area contributed by atoms with E-state index < -0.39 is 67.0 Å². The Morgan fingerprint density at radius 1 is 0.627 bits per heavy atom. The van der Waals surface area contributed by atoms with Crippen LogP contribution in [-0.4, -0.2) is 73.8 Å². The van der Waals surface area contributed by atoms with E-state index in [1.807, 2.05) is 0 Å². The number of sulfone groups is 4. The predicted molar refractivity (Wildman–Crippen MR) is 196 cm³/mol. The number of carbonyl (C=O) groups is 2. The van der Waals surface area contributed by atoms with Crippen molar-refractivity contribution in [2.24, 2.45) is 16.5 Å². The maximum atomic E-state index is 13.2. The molecule has 0 saturated heterocycles. The van der Waals surface area contributed by atoms with Crippen molar-refractivity contribution in [3.05, 3.63) is 46.5 Å². The van der Waals surface area contributed by atoms with Gasteiger partial charge in [0.05, 0.1) is 30.1 Å². The first kappa shape index (κ1) is 42.6. The van der Waals surface area contributed by atoms with Gasteiger partial charge in [-0.1, -0.05) is 52.4 Å². The topological polar surface area (TPSA) is 235 Å². The number of aryl methyl sites for hydroxylation is 2. The minimum Gasteiger partial charge on any atom is -0.370 e. The van der Waals surface area contributed by atoms with Gasteiger partial charge in [-0.2, -0.15) is 4.99 Å². The van der Waals surface area contributed by atoms with Crippen LogP contribution >= 0.6 is 11.6 Å². The molecule has 2 aliphatic carbocycles. The molecule has 2 aromatic carbocycles. The number of aliphatic imine (C=N–C) groups is 1. The summed E-state index contributed by atoms with van der Waals surface area (Å²) in [5.41, 5.74) is 11.3. The number of carbonyl (C=O) groups excluding carboxylic acids is 2. The quantitative estimate of drug-likeness (QED) is 0.194. The van der Waals surface area contributed by atoms with Gasteiger partial charge in [0.2, 0.25) is 0 Å². The molecule has 18 heteroatoms. The van der Waals surface area contributed by atoms with E-state index >= 15 is 0 Å². The van der Waals surface area contributed by atoms with E-state index in [0.717, 1.165) is 63.2 Å². The fourth-order valence-corrected chi connectivity index (χ4v) is 13.7. The zero-order valence-electron chi connectivity index (χ0n) is 29.1. The minimum atomic E-state index is -3.91. The third kappa shape index (κ3) is 10.2. The highest BCUT2D eigenvalue weighted by Crippen LogP contribution is 2.36. The van der Waals surface area contributed by atoms with E-state index in [-0.39, 0.29) is 30.7 Å². The molecule has 2 saturated carbocycles. The number of guanidine groups is 1. The van der Waals surface area contributed by atoms with Gasteiger partial charge in [-0.05, 0) is 85.5 Å². The van der Waals surface area contributed by atoms with Gasteiger partial charge in [0.25, 0.3) is 11.1 Å². The van der Waals surface area contributed by atoms with Crippen molar-refractivity contribution in [2.45, 2.75) is 121 Å². The summed E-state index contributed by atoms with van der Waals surface area (Å²) in [5, 5.41) is -1.98. The minimum absolute atomic E-state index is 0.0195. The van der Waals surface area contributed by atoms with Gasteiger partial charge in [-0.25, -0.2) is 33.7 Å². The molecular weight excluding hydrogens is 762 g/mol. The molecule has 0 bridgehead atoms. The lowest BCUT2D eigenvalue weighted by atomic mass is 10.0. The van der Waals surface area contributed by atoms with Crippen molar-refractivity contribution in [1.29, 1.82) is 0 Å². The zero-order valence-corrected chi connectivity index (χ0v) is 33.2. The smallest absolute Gasteiger partial charge is 0.280 e. The summed E-state index contributed by atoms with van der Waals surface area (Å²) in [6.45, 7) is 3.49. The molecule has 0 aromatic heterocycles. The summed E-state index contributed by atoms with van der Waals surface area (Å²) in [6.07, 6.45) is 9.80. The average Bonchev–Trinajstić information content (AvgIpc) is 3.06. The number of nitrogens with zero attached hydrogens (tertiary/aromatic N) is 1. The fraction of sp³-hybridized carbons (Fsp3) is 0.545. The molecule has 4 N–H and O–H groups in total. The summed E-state index contributed by atoms with van der Waals surface area (Å²) >= 11 is 5.54. The second-order valence-corrected chi connectivity index (χ2v) is 21.6. The Kier molecular flexibility index (Phi) is 14.1. The SMILES string of the molecule is CCc1cc(S(=O)(=O)C2CCCCC2)c(S(C)(=O)=O)cc1C(=O)Cl.CCc1cc(S(=O)(=O)C2CCCCC2)c(S(C)(=O)=O)cc1C(=O)N=C(N)N. The zero-order chi connectivity index (χ0) is 38.5. The van der Waals surface area contributed by atoms with Crippen LogP contribution in [0.3, 0.4) is 0 Å². The molecule has 1 amide bonds. The third-order valence-corrected chi connectivity index (χ3v) is 16.5. The summed E-state index contributed by atoms with van der Waals surface area (Å²) in [7, 11) is -15.4. The van der Waals surface area contributed by atoms with Crippen LogP contribution in [0.1, 0.15) is 110 Å². The fourth-order valence-electron chi connectivity index (χ4n) is 6.48. The first-order valence-corrected chi connectivity index (χ1v) is 23.9. The van der Waals surface area contributed by atoms with Gasteiger partial charge in [0.1, 0.15) is 0 Å². The van der Waals surface area contributed by atoms with E-state index in [9.17, 15) is 43.3 Å². The van der Waals surface area contributed by atoms with Gasteiger partial charge in [-0.3, -0.25) is 9.59 Å². The Morgan fingerprint density at radius 3 is 1.29 bits per heavy atom. The number of nitrogens with two attached hydrogens (primary N) is 2. The number of benzene rings is 2. The number of amides is 1. The van der Waals surface area contributed by atoms with Crippen LogP contribution in [0, 0.1) is 0 Å². The van der Waals surface area contributed by atoms with E-state index in [4.69, 9.17) is 23.1 Å². The average molecular weight is 808 g/mol. The van der Waals surface area contributed by atoms with Crippen LogP contribution in [0.25, 0.3) is 0 Å². The molecule has 2 fully saturated rings. The number of halogens is 1. The second kappa shape index (κ2) is 16.9. The number of hydrogen-bond donors (Lipinski definition) is 2. The molecule has 4 rings (SSSR count). The number of rotatable bonds is 10. The highest BCUT2D eigenvalue weighted by Gasteiger charge is 2.36. The normalized spacial score (nSPS) is 16.5. The second-order valence-electron chi connectivity index (χ2n) is 12.9. The Labute approximate surface area is 306 Å². The Balaban J connectivity index is 0.000000277. The van der Waals surface area contributed by atoms with Crippen LogP contribution in [0.15, 0.2) is 48.8 Å². The monoisotopic (exact) mass is 807 g/mol. The van der Waals surface area contributed by atoms with Crippen LogP contribution < -0.4 is 11.5 Å². The van der Waals surface area contributed by atoms with Crippen LogP contribution in [0.2, 0.25) is 0 Å². The Hall–Kier alpha value is -2.86. The standard InChI is InChI=1S/C17H25N3O5S2.C16H21ClO5S2/c1-3-11-9-15(27(24,25)12-7-5-4-6-8-12)14(26(2,22)23)10-13(11)16(21)20-17(18)19;1-3-11-9-15(24(21,22)12-7-5-4-6-8-12)14(23(2,19)20)10-13(11)16(17)18/h9-10,12H,3-8H2,1-2H3,(H4,18,19,20,21);9-10,12H,3-8H2,1-2H3. The van der Waals surface area contributed by atoms with E-state index in [1.54, 1.807) is 13.8 Å². The third-order valence-electron chi connectivity index (χ3n) is 9.17. The molecule has 0 radical (unpaired) electrons. The molecule has 0 unspecified atom stereocenters. The van der Waals surface area contributed by atoms with Crippen molar-refractivity contribution >= 4 is 68.1 Å². The van der Waals surface area contributed by atoms with Crippen molar-refractivity contribution in [1.82, 2.24) is 0 Å². The van der Waals surface area contributed by atoms with E-state index in [2.05, 4.69) is 4.99 Å². The summed E-state index contributed by atoms with van der Waals surface area (Å²) in [4.78, 5) is 26.2. The van der Waals surface area contributed by atoms with Gasteiger partial charge < -0.3 is 11.5 Å². The van der Waals surface area contributed by atoms with Gasteiger partial charge in [-0.15, -0.1) is 0 Å². The summed E-state index contributed by atoms with van der Waals surface area (Å²) in [6, 6.07) is 4.80. The first-order chi connectivity index (χ1) is 23.6. The lowest BCUT2D eigenvalue weighted by Gasteiger charge is -2.23. The van der Waals surface area contributed by atoms with Crippen molar-refractivity contribution in [2.75, 3.05) is 12.5 Å². The van der Waals surface area contributed by atoms with Crippen molar-refractivity contribution < 1.29 is 43.3 Å². The molecule has 284 valence electrons. The van der Waals surface area contributed by atoms with Gasteiger partial charge in [0, 0.05) is 23.6 Å². The molecule has 0 aliphatic heterocycles. The molecule has 0 atom stereocenters. The predicted octanol–water partition coefficient (Wildman–Crippen LogP) is 4.31. The molecule has 51 heavy (non-hydrogen) atoms. The first-order valence-electron chi connectivity index (χ1n) is 16.6. The van der Waals surface area contributed by atoms with Gasteiger partial charge in [0.15, 0.2) is 45.3 Å². The molecule has 2 aliphatic rings. The molecule has 0 spiro atoms. The summed E-state index contributed by atoms with van der Waals surface area (Å²) < 4.78 is 101. The summed E-state index contributed by atoms with van der Waals surface area (Å²) in [5.74, 6) is -1.26. The Bertz CT molecular complexity index is 2130. The van der Waals surface area contributed by atoms with E-state index in [0.29, 0.717) is 49.7 Å². The maximum Gasteiger partial charge on any atom is 0.280 e. The van der Waals surface area contributed by atoms with Crippen LogP contribution in [0.4, 0.5) is 0 Å². The van der Waals surface area contributed by atoms with Gasteiger partial charge >= 0.3 is 0 Å². The maximum absolute atomic E-state index is 13.2. The van der Waals surface area contributed by atoms with Crippen LogP contribution in [0.5, 0.6) is 0 Å². The molecule has 13 nitrogen and oxygen atoms in total. The van der Waals surface area contributed by atoms with E-state index in [1.165, 1.54) is 12.1 Å². The molecule has 2 aromatic rings. The van der Waals surface area contributed by atoms with Crippen LogP contribution in [-0.2, 0) is 52.2 Å². The number of hydrogen-bond acceptors (Lipinski definition) is 10. The largest absolute Gasteiger partial charge is 0.370 e. The van der Waals surface area contributed by atoms with Crippen molar-refractivity contribution in [3.8, 4) is 0 Å². The molecule has 0 heterocycles. The Morgan fingerprint density at radius 2 is 0.980 bits per heavy atom. The lowest BCUT2D eigenvalue weighted by Crippen LogP contribution is -2.26. The van der Waals surface area contributed by atoms with Crippen molar-refractivity contribution in [3.63, 3.8) is 0 Å². The lowest BCUT2D eigenvalue weighted by molar-refractivity contribution is 0.100. The highest BCUT2D eigenvalue weighted by atomic mass is 35.5.